The van der Waals surface area contributed by atoms with Gasteiger partial charge in [-0.05, 0) is 35.9 Å². The van der Waals surface area contributed by atoms with Crippen molar-refractivity contribution in [1.82, 2.24) is 0 Å². The first kappa shape index (κ1) is 16.9. The fraction of sp³-hybridized carbons (Fsp3) is 0.0435. The van der Waals surface area contributed by atoms with Crippen LogP contribution >= 0.6 is 11.6 Å². The Morgan fingerprint density at radius 2 is 1.56 bits per heavy atom. The zero-order chi connectivity index (χ0) is 17.3. The van der Waals surface area contributed by atoms with Crippen LogP contribution in [0.5, 0.6) is 5.75 Å². The van der Waals surface area contributed by atoms with E-state index in [0.29, 0.717) is 17.4 Å². The van der Waals surface area contributed by atoms with Gasteiger partial charge >= 0.3 is 0 Å². The van der Waals surface area contributed by atoms with Crippen molar-refractivity contribution in [1.29, 1.82) is 0 Å². The van der Waals surface area contributed by atoms with Crippen LogP contribution in [0.1, 0.15) is 16.7 Å². The molecule has 3 aromatic rings. The van der Waals surface area contributed by atoms with E-state index >= 15 is 0 Å². The van der Waals surface area contributed by atoms with E-state index in [1.54, 1.807) is 6.07 Å². The van der Waals surface area contributed by atoms with Crippen molar-refractivity contribution < 1.29 is 4.74 Å². The molecule has 0 atom stereocenters. The topological polar surface area (TPSA) is 9.23 Å². The van der Waals surface area contributed by atoms with E-state index in [2.05, 4.69) is 11.8 Å². The predicted octanol–water partition coefficient (Wildman–Crippen LogP) is 5.83. The molecule has 0 unspecified atom stereocenters. The molecule has 0 bridgehead atoms. The first-order valence-electron chi connectivity index (χ1n) is 8.02. The van der Waals surface area contributed by atoms with E-state index in [-0.39, 0.29) is 0 Å². The smallest absolute Gasteiger partial charge is 0.136 e. The molecule has 0 N–H and O–H groups in total. The lowest BCUT2D eigenvalue weighted by Gasteiger charge is -2.06. The highest BCUT2D eigenvalue weighted by Crippen LogP contribution is 2.23. The molecular formula is C23H17ClO. The largest absolute Gasteiger partial charge is 0.488 e. The van der Waals surface area contributed by atoms with E-state index < -0.39 is 0 Å². The summed E-state index contributed by atoms with van der Waals surface area (Å²) in [5.74, 6) is 6.99. The molecule has 2 heteroatoms. The minimum atomic E-state index is 0.454. The SMILES string of the molecule is Clc1ccc(C#Cc2ccccc2)c(OC/C=C/c2ccccc2)c1. The summed E-state index contributed by atoms with van der Waals surface area (Å²) >= 11 is 6.10. The van der Waals surface area contributed by atoms with Gasteiger partial charge in [-0.25, -0.2) is 0 Å². The van der Waals surface area contributed by atoms with E-state index in [4.69, 9.17) is 16.3 Å². The van der Waals surface area contributed by atoms with Gasteiger partial charge in [0.2, 0.25) is 0 Å². The molecule has 25 heavy (non-hydrogen) atoms. The molecule has 0 aliphatic heterocycles. The third-order valence-corrected chi connectivity index (χ3v) is 3.74. The zero-order valence-corrected chi connectivity index (χ0v) is 14.4. The number of hydrogen-bond acceptors (Lipinski definition) is 1. The molecular weight excluding hydrogens is 328 g/mol. The van der Waals surface area contributed by atoms with Crippen LogP contribution < -0.4 is 4.74 Å². The first-order valence-corrected chi connectivity index (χ1v) is 8.40. The van der Waals surface area contributed by atoms with Gasteiger partial charge in [-0.1, -0.05) is 78.0 Å². The molecule has 1 nitrogen and oxygen atoms in total. The summed E-state index contributed by atoms with van der Waals surface area (Å²) < 4.78 is 5.85. The maximum atomic E-state index is 6.10. The van der Waals surface area contributed by atoms with Gasteiger partial charge in [0.25, 0.3) is 0 Å². The molecule has 0 aromatic heterocycles. The van der Waals surface area contributed by atoms with Crippen LogP contribution in [-0.2, 0) is 0 Å². The monoisotopic (exact) mass is 344 g/mol. The van der Waals surface area contributed by atoms with Gasteiger partial charge < -0.3 is 4.74 Å². The van der Waals surface area contributed by atoms with E-state index in [9.17, 15) is 0 Å². The predicted molar refractivity (Wildman–Crippen MR) is 105 cm³/mol. The van der Waals surface area contributed by atoms with Crippen LogP contribution in [0, 0.1) is 11.8 Å². The second-order valence-electron chi connectivity index (χ2n) is 5.38. The highest BCUT2D eigenvalue weighted by atomic mass is 35.5. The minimum Gasteiger partial charge on any atom is -0.488 e. The molecule has 0 fully saturated rings. The third kappa shape index (κ3) is 5.28. The van der Waals surface area contributed by atoms with E-state index in [1.807, 2.05) is 84.9 Å². The molecule has 0 spiro atoms. The summed E-state index contributed by atoms with van der Waals surface area (Å²) in [5, 5.41) is 0.632. The number of rotatable bonds is 4. The standard InChI is InChI=1S/C23H17ClO/c24-22-16-15-21(14-13-20-10-5-2-6-11-20)23(18-22)25-17-7-12-19-8-3-1-4-9-19/h1-12,15-16,18H,17H2/b12-7+. The Hall–Kier alpha value is -2.95. The van der Waals surface area contributed by atoms with Crippen molar-refractivity contribution >= 4 is 17.7 Å². The van der Waals surface area contributed by atoms with Crippen LogP contribution in [0.25, 0.3) is 6.08 Å². The number of hydrogen-bond donors (Lipinski definition) is 0. The molecule has 0 radical (unpaired) electrons. The van der Waals surface area contributed by atoms with Crippen molar-refractivity contribution in [2.75, 3.05) is 6.61 Å². The van der Waals surface area contributed by atoms with Crippen molar-refractivity contribution in [2.45, 2.75) is 0 Å². The van der Waals surface area contributed by atoms with Crippen LogP contribution in [0.15, 0.2) is 84.9 Å². The van der Waals surface area contributed by atoms with Crippen LogP contribution in [-0.4, -0.2) is 6.61 Å². The Balaban J connectivity index is 1.71. The van der Waals surface area contributed by atoms with Gasteiger partial charge in [0.05, 0.1) is 5.56 Å². The Labute approximate surface area is 153 Å². The lowest BCUT2D eigenvalue weighted by atomic mass is 10.1. The van der Waals surface area contributed by atoms with E-state index in [0.717, 1.165) is 16.7 Å². The second-order valence-corrected chi connectivity index (χ2v) is 5.82. The molecule has 0 heterocycles. The van der Waals surface area contributed by atoms with Gasteiger partial charge in [0.1, 0.15) is 12.4 Å². The Kier molecular flexibility index (Phi) is 5.93. The van der Waals surface area contributed by atoms with Crippen molar-refractivity contribution in [3.63, 3.8) is 0 Å². The quantitative estimate of drug-likeness (QED) is 0.541. The summed E-state index contributed by atoms with van der Waals surface area (Å²) in [6.45, 7) is 0.454. The Morgan fingerprint density at radius 1 is 0.840 bits per heavy atom. The summed E-state index contributed by atoms with van der Waals surface area (Å²) in [5.41, 5.74) is 2.93. The molecule has 0 amide bonds. The average Bonchev–Trinajstić information content (AvgIpc) is 2.66. The van der Waals surface area contributed by atoms with Crippen molar-refractivity contribution in [3.05, 3.63) is 107 Å². The lowest BCUT2D eigenvalue weighted by molar-refractivity contribution is 0.362. The van der Waals surface area contributed by atoms with Gasteiger partial charge in [-0.3, -0.25) is 0 Å². The second kappa shape index (κ2) is 8.78. The Morgan fingerprint density at radius 3 is 2.32 bits per heavy atom. The summed E-state index contributed by atoms with van der Waals surface area (Å²) in [7, 11) is 0. The van der Waals surface area contributed by atoms with E-state index in [1.165, 1.54) is 0 Å². The minimum absolute atomic E-state index is 0.454. The third-order valence-electron chi connectivity index (χ3n) is 3.50. The molecule has 0 saturated heterocycles. The fourth-order valence-corrected chi connectivity index (χ4v) is 2.43. The molecule has 0 saturated carbocycles. The summed E-state index contributed by atoms with van der Waals surface area (Å²) in [6.07, 6.45) is 4.00. The number of benzene rings is 3. The normalized spacial score (nSPS) is 10.3. The average molecular weight is 345 g/mol. The van der Waals surface area contributed by atoms with Crippen LogP contribution in [0.3, 0.4) is 0 Å². The van der Waals surface area contributed by atoms with Crippen molar-refractivity contribution in [3.8, 4) is 17.6 Å². The van der Waals surface area contributed by atoms with Crippen LogP contribution in [0.2, 0.25) is 5.02 Å². The maximum Gasteiger partial charge on any atom is 0.136 e. The van der Waals surface area contributed by atoms with Gasteiger partial charge in [0, 0.05) is 16.7 Å². The Bertz CT molecular complexity index is 903. The van der Waals surface area contributed by atoms with Crippen LogP contribution in [0.4, 0.5) is 0 Å². The zero-order valence-electron chi connectivity index (χ0n) is 13.7. The molecule has 0 aliphatic rings. The molecule has 3 rings (SSSR count). The van der Waals surface area contributed by atoms with Crippen molar-refractivity contribution in [2.24, 2.45) is 0 Å². The highest BCUT2D eigenvalue weighted by molar-refractivity contribution is 6.30. The lowest BCUT2D eigenvalue weighted by Crippen LogP contribution is -1.96. The van der Waals surface area contributed by atoms with Gasteiger partial charge in [-0.2, -0.15) is 0 Å². The van der Waals surface area contributed by atoms with Gasteiger partial charge in [-0.15, -0.1) is 0 Å². The highest BCUT2D eigenvalue weighted by Gasteiger charge is 2.02. The molecule has 122 valence electrons. The fourth-order valence-electron chi connectivity index (χ4n) is 2.27. The maximum absolute atomic E-state index is 6.10. The molecule has 0 aliphatic carbocycles. The summed E-state index contributed by atoms with van der Waals surface area (Å²) in [6, 6.07) is 25.5. The van der Waals surface area contributed by atoms with Gasteiger partial charge in [0.15, 0.2) is 0 Å². The number of halogens is 1. The molecule has 3 aromatic carbocycles. The summed E-state index contributed by atoms with van der Waals surface area (Å²) in [4.78, 5) is 0. The number of ether oxygens (including phenoxy) is 1. The first-order chi connectivity index (χ1) is 12.3.